The number of ether oxygens (including phenoxy) is 2. The van der Waals surface area contributed by atoms with E-state index in [0.29, 0.717) is 11.8 Å². The van der Waals surface area contributed by atoms with Crippen LogP contribution in [0.2, 0.25) is 0 Å². The van der Waals surface area contributed by atoms with E-state index in [1.165, 1.54) is 37.7 Å². The van der Waals surface area contributed by atoms with E-state index in [4.69, 9.17) is 9.47 Å². The number of hydrogen-bond donors (Lipinski definition) is 0. The van der Waals surface area contributed by atoms with Gasteiger partial charge in [-0.05, 0) is 50.0 Å². The Morgan fingerprint density at radius 2 is 1.57 bits per heavy atom. The molecule has 0 spiro atoms. The molecule has 3 rings (SSSR count). The van der Waals surface area contributed by atoms with Crippen LogP contribution in [0.15, 0.2) is 24.3 Å². The second-order valence-corrected chi connectivity index (χ2v) is 8.94. The van der Waals surface area contributed by atoms with Gasteiger partial charge in [0.2, 0.25) is 0 Å². The summed E-state index contributed by atoms with van der Waals surface area (Å²) in [6, 6.07) is 11.5. The van der Waals surface area contributed by atoms with Crippen LogP contribution >= 0.6 is 0 Å². The second-order valence-electron chi connectivity index (χ2n) is 8.94. The van der Waals surface area contributed by atoms with Crippen molar-refractivity contribution in [2.75, 3.05) is 13.2 Å². The van der Waals surface area contributed by atoms with Crippen molar-refractivity contribution in [3.8, 4) is 6.07 Å². The van der Waals surface area contributed by atoms with Crippen molar-refractivity contribution in [1.29, 1.82) is 5.26 Å². The summed E-state index contributed by atoms with van der Waals surface area (Å²) in [4.78, 5) is 0. The zero-order chi connectivity index (χ0) is 19.8. The lowest BCUT2D eigenvalue weighted by Crippen LogP contribution is -2.27. The molecule has 1 aliphatic heterocycles. The fourth-order valence-corrected chi connectivity index (χ4v) is 4.76. The quantitative estimate of drug-likeness (QED) is 0.490. The number of nitrogens with zero attached hydrogens (tertiary/aromatic N) is 1. The van der Waals surface area contributed by atoms with Gasteiger partial charge in [0.1, 0.15) is 0 Å². The van der Waals surface area contributed by atoms with Crippen molar-refractivity contribution >= 4 is 0 Å². The SMILES string of the molecule is CCCCC1COC(c2ccc(C3CCC(C#N)(CCCC)CC3)cc2)OC1. The van der Waals surface area contributed by atoms with Crippen LogP contribution in [0.3, 0.4) is 0 Å². The van der Waals surface area contributed by atoms with Crippen molar-refractivity contribution in [1.82, 2.24) is 0 Å². The average molecular weight is 384 g/mol. The van der Waals surface area contributed by atoms with Crippen LogP contribution in [0.1, 0.15) is 101 Å². The summed E-state index contributed by atoms with van der Waals surface area (Å²) in [5.74, 6) is 1.13. The van der Waals surface area contributed by atoms with Crippen LogP contribution in [0.4, 0.5) is 0 Å². The van der Waals surface area contributed by atoms with Crippen LogP contribution in [0.25, 0.3) is 0 Å². The number of nitriles is 1. The fourth-order valence-electron chi connectivity index (χ4n) is 4.76. The molecule has 2 fully saturated rings. The third-order valence-corrected chi connectivity index (χ3v) is 6.80. The molecule has 28 heavy (non-hydrogen) atoms. The lowest BCUT2D eigenvalue weighted by Gasteiger charge is -2.35. The van der Waals surface area contributed by atoms with Gasteiger partial charge in [-0.15, -0.1) is 0 Å². The molecule has 3 nitrogen and oxygen atoms in total. The first kappa shape index (κ1) is 21.3. The number of benzene rings is 1. The summed E-state index contributed by atoms with van der Waals surface area (Å²) >= 11 is 0. The Kier molecular flexibility index (Phi) is 7.94. The molecule has 1 saturated carbocycles. The van der Waals surface area contributed by atoms with E-state index in [2.05, 4.69) is 44.2 Å². The molecule has 2 aliphatic rings. The zero-order valence-electron chi connectivity index (χ0n) is 17.8. The zero-order valence-corrected chi connectivity index (χ0v) is 17.8. The lowest BCUT2D eigenvalue weighted by molar-refractivity contribution is -0.206. The van der Waals surface area contributed by atoms with Gasteiger partial charge in [0.25, 0.3) is 0 Å². The fraction of sp³-hybridized carbons (Fsp3) is 0.720. The molecule has 0 amide bonds. The topological polar surface area (TPSA) is 42.2 Å². The Hall–Kier alpha value is -1.37. The third kappa shape index (κ3) is 5.37. The molecule has 154 valence electrons. The number of rotatable bonds is 8. The molecule has 0 unspecified atom stereocenters. The summed E-state index contributed by atoms with van der Waals surface area (Å²) in [5, 5.41) is 9.69. The van der Waals surface area contributed by atoms with Crippen molar-refractivity contribution in [3.05, 3.63) is 35.4 Å². The monoisotopic (exact) mass is 383 g/mol. The molecule has 1 saturated heterocycles. The van der Waals surface area contributed by atoms with Gasteiger partial charge in [0, 0.05) is 11.5 Å². The predicted molar refractivity (Wildman–Crippen MR) is 113 cm³/mol. The highest BCUT2D eigenvalue weighted by atomic mass is 16.7. The van der Waals surface area contributed by atoms with Gasteiger partial charge in [-0.2, -0.15) is 5.26 Å². The number of hydrogen-bond acceptors (Lipinski definition) is 3. The highest BCUT2D eigenvalue weighted by Crippen LogP contribution is 2.45. The smallest absolute Gasteiger partial charge is 0.183 e. The first-order valence-corrected chi connectivity index (χ1v) is 11.4. The highest BCUT2D eigenvalue weighted by molar-refractivity contribution is 5.27. The van der Waals surface area contributed by atoms with Crippen LogP contribution in [0.5, 0.6) is 0 Å². The van der Waals surface area contributed by atoms with Gasteiger partial charge in [0.15, 0.2) is 6.29 Å². The van der Waals surface area contributed by atoms with Crippen molar-refractivity contribution in [2.24, 2.45) is 11.3 Å². The molecule has 1 aromatic carbocycles. The van der Waals surface area contributed by atoms with Crippen molar-refractivity contribution in [3.63, 3.8) is 0 Å². The molecular formula is C25H37NO2. The molecule has 0 aromatic heterocycles. The Balaban J connectivity index is 1.51. The van der Waals surface area contributed by atoms with Crippen LogP contribution in [-0.2, 0) is 9.47 Å². The van der Waals surface area contributed by atoms with Gasteiger partial charge >= 0.3 is 0 Å². The van der Waals surface area contributed by atoms with E-state index < -0.39 is 0 Å². The van der Waals surface area contributed by atoms with Crippen molar-refractivity contribution in [2.45, 2.75) is 90.3 Å². The predicted octanol–water partition coefficient (Wildman–Crippen LogP) is 6.90. The van der Waals surface area contributed by atoms with Crippen LogP contribution in [-0.4, -0.2) is 13.2 Å². The average Bonchev–Trinajstić information content (AvgIpc) is 2.77. The maximum atomic E-state index is 9.69. The van der Waals surface area contributed by atoms with E-state index in [-0.39, 0.29) is 11.7 Å². The Labute approximate surface area is 171 Å². The summed E-state index contributed by atoms with van der Waals surface area (Å²) < 4.78 is 12.0. The molecule has 0 radical (unpaired) electrons. The molecule has 1 heterocycles. The lowest BCUT2D eigenvalue weighted by atomic mass is 9.67. The molecule has 0 N–H and O–H groups in total. The highest BCUT2D eigenvalue weighted by Gasteiger charge is 2.35. The van der Waals surface area contributed by atoms with Gasteiger partial charge < -0.3 is 9.47 Å². The second kappa shape index (κ2) is 10.4. The molecule has 1 aliphatic carbocycles. The minimum Gasteiger partial charge on any atom is -0.348 e. The first-order valence-electron chi connectivity index (χ1n) is 11.4. The van der Waals surface area contributed by atoms with Crippen molar-refractivity contribution < 1.29 is 9.47 Å². The first-order chi connectivity index (χ1) is 13.7. The Morgan fingerprint density at radius 3 is 2.14 bits per heavy atom. The van der Waals surface area contributed by atoms with E-state index in [9.17, 15) is 5.26 Å². The summed E-state index contributed by atoms with van der Waals surface area (Å²) in [7, 11) is 0. The van der Waals surface area contributed by atoms with Gasteiger partial charge in [0.05, 0.1) is 24.7 Å². The maximum absolute atomic E-state index is 9.69. The van der Waals surface area contributed by atoms with Crippen LogP contribution in [0, 0.1) is 22.7 Å². The van der Waals surface area contributed by atoms with E-state index in [0.717, 1.165) is 50.9 Å². The largest absolute Gasteiger partial charge is 0.348 e. The summed E-state index contributed by atoms with van der Waals surface area (Å²) in [6.45, 7) is 6.06. The Morgan fingerprint density at radius 1 is 0.964 bits per heavy atom. The van der Waals surface area contributed by atoms with Gasteiger partial charge in [-0.3, -0.25) is 0 Å². The molecule has 3 heteroatoms. The van der Waals surface area contributed by atoms with Crippen LogP contribution < -0.4 is 0 Å². The summed E-state index contributed by atoms with van der Waals surface area (Å²) in [6.07, 6.45) is 11.3. The number of unbranched alkanes of at least 4 members (excludes halogenated alkanes) is 2. The summed E-state index contributed by atoms with van der Waals surface area (Å²) in [5.41, 5.74) is 2.47. The van der Waals surface area contributed by atoms with E-state index in [1.807, 2.05) is 0 Å². The normalized spacial score (nSPS) is 30.7. The van der Waals surface area contributed by atoms with Gasteiger partial charge in [-0.1, -0.05) is 63.8 Å². The van der Waals surface area contributed by atoms with E-state index in [1.54, 1.807) is 0 Å². The van der Waals surface area contributed by atoms with E-state index >= 15 is 0 Å². The molecule has 1 aromatic rings. The minimum atomic E-state index is -0.210. The third-order valence-electron chi connectivity index (χ3n) is 6.80. The Bertz CT molecular complexity index is 617. The molecule has 0 atom stereocenters. The minimum absolute atomic E-state index is 0.0649. The molecular weight excluding hydrogens is 346 g/mol. The van der Waals surface area contributed by atoms with Gasteiger partial charge in [-0.25, -0.2) is 0 Å². The standard InChI is InChI=1S/C25H37NO2/c1-3-5-7-20-17-27-24(28-18-20)23-10-8-21(9-11-23)22-12-15-25(19-26,16-13-22)14-6-4-2/h8-11,20,22,24H,3-7,12-18H2,1-2H3. The molecule has 0 bridgehead atoms. The maximum Gasteiger partial charge on any atom is 0.183 e.